The molecule has 0 heterocycles. The van der Waals surface area contributed by atoms with Crippen molar-refractivity contribution in [3.05, 3.63) is 0 Å². The molecular formula is C27H51IO2. The Morgan fingerprint density at radius 1 is 0.833 bits per heavy atom. The molecular weight excluding hydrogens is 483 g/mol. The average Bonchev–Trinajstić information content (AvgIpc) is 2.76. The molecule has 30 heavy (non-hydrogen) atoms. The van der Waals surface area contributed by atoms with E-state index in [1.807, 2.05) is 0 Å². The first-order chi connectivity index (χ1) is 14.5. The molecule has 2 rings (SSSR count). The summed E-state index contributed by atoms with van der Waals surface area (Å²) in [6.07, 6.45) is 22.3. The largest absolute Gasteiger partial charge is 0.393 e. The molecule has 0 aliphatic heterocycles. The molecule has 2 fully saturated rings. The number of hydrogen-bond acceptors (Lipinski definition) is 2. The van der Waals surface area contributed by atoms with E-state index in [1.165, 1.54) is 89.9 Å². The van der Waals surface area contributed by atoms with Crippen LogP contribution >= 0.6 is 22.6 Å². The fourth-order valence-corrected chi connectivity index (χ4v) is 6.70. The van der Waals surface area contributed by atoms with E-state index in [0.717, 1.165) is 35.5 Å². The van der Waals surface area contributed by atoms with Crippen molar-refractivity contribution in [2.24, 2.45) is 23.7 Å². The van der Waals surface area contributed by atoms with E-state index in [-0.39, 0.29) is 12.2 Å². The zero-order valence-electron chi connectivity index (χ0n) is 20.0. The average molecular weight is 535 g/mol. The van der Waals surface area contributed by atoms with Gasteiger partial charge in [-0.15, -0.1) is 0 Å². The van der Waals surface area contributed by atoms with Crippen molar-refractivity contribution in [2.45, 2.75) is 146 Å². The van der Waals surface area contributed by atoms with E-state index >= 15 is 0 Å². The van der Waals surface area contributed by atoms with Crippen molar-refractivity contribution in [2.75, 3.05) is 0 Å². The smallest absolute Gasteiger partial charge is 0.0571 e. The van der Waals surface area contributed by atoms with Crippen LogP contribution in [0.25, 0.3) is 0 Å². The summed E-state index contributed by atoms with van der Waals surface area (Å²) in [6.45, 7) is 4.67. The summed E-state index contributed by atoms with van der Waals surface area (Å²) in [5, 5.41) is 21.3. The summed E-state index contributed by atoms with van der Waals surface area (Å²) in [7, 11) is 0. The third-order valence-electron chi connectivity index (χ3n) is 8.48. The lowest BCUT2D eigenvalue weighted by atomic mass is 9.77. The Morgan fingerprint density at radius 2 is 1.47 bits per heavy atom. The normalized spacial score (nSPS) is 27.5. The highest BCUT2D eigenvalue weighted by molar-refractivity contribution is 14.1. The van der Waals surface area contributed by atoms with Crippen LogP contribution in [-0.2, 0) is 0 Å². The molecule has 2 saturated carbocycles. The molecule has 0 spiro atoms. The highest BCUT2D eigenvalue weighted by atomic mass is 127. The fourth-order valence-electron chi connectivity index (χ4n) is 5.98. The van der Waals surface area contributed by atoms with Gasteiger partial charge in [-0.1, -0.05) is 107 Å². The molecule has 2 aliphatic rings. The highest BCUT2D eigenvalue weighted by Crippen LogP contribution is 2.35. The minimum absolute atomic E-state index is 0.0929. The molecule has 0 saturated heterocycles. The minimum Gasteiger partial charge on any atom is -0.393 e. The number of aliphatic hydroxyl groups is 2. The summed E-state index contributed by atoms with van der Waals surface area (Å²) < 4.78 is 0.825. The van der Waals surface area contributed by atoms with Gasteiger partial charge in [0.2, 0.25) is 0 Å². The maximum Gasteiger partial charge on any atom is 0.0571 e. The zero-order chi connectivity index (χ0) is 21.8. The Hall–Kier alpha value is 0.650. The van der Waals surface area contributed by atoms with E-state index in [9.17, 15) is 10.2 Å². The number of aliphatic hydroxyl groups excluding tert-OH is 2. The Balaban J connectivity index is 1.60. The maximum atomic E-state index is 10.9. The van der Waals surface area contributed by atoms with Crippen molar-refractivity contribution in [3.8, 4) is 0 Å². The van der Waals surface area contributed by atoms with Crippen LogP contribution in [0.15, 0.2) is 0 Å². The van der Waals surface area contributed by atoms with Crippen LogP contribution in [0.2, 0.25) is 0 Å². The second-order valence-corrected chi connectivity index (χ2v) is 12.6. The standard InChI is InChI=1S/C27H51IO2/c1-3-21(2)24(20-27(30)23-16-18-25(28)19-17-23)13-7-8-14-26(29)15-9-12-22-10-5-4-6-11-22/h21-27,29-30H,3-20H2,1-2H3/t21?,23?,24?,25?,26-,27?/m0/s1. The molecule has 2 N–H and O–H groups in total. The van der Waals surface area contributed by atoms with Gasteiger partial charge in [-0.05, 0) is 68.6 Å². The summed E-state index contributed by atoms with van der Waals surface area (Å²) in [6, 6.07) is 0. The monoisotopic (exact) mass is 534 g/mol. The van der Waals surface area contributed by atoms with Gasteiger partial charge in [0.1, 0.15) is 0 Å². The summed E-state index contributed by atoms with van der Waals surface area (Å²) in [4.78, 5) is 0. The van der Waals surface area contributed by atoms with Crippen molar-refractivity contribution in [1.82, 2.24) is 0 Å². The highest BCUT2D eigenvalue weighted by Gasteiger charge is 2.28. The van der Waals surface area contributed by atoms with Crippen LogP contribution < -0.4 is 0 Å². The molecule has 2 aliphatic carbocycles. The van der Waals surface area contributed by atoms with Gasteiger partial charge in [-0.3, -0.25) is 0 Å². The predicted molar refractivity (Wildman–Crippen MR) is 138 cm³/mol. The van der Waals surface area contributed by atoms with Crippen molar-refractivity contribution in [3.63, 3.8) is 0 Å². The van der Waals surface area contributed by atoms with Crippen molar-refractivity contribution < 1.29 is 10.2 Å². The predicted octanol–water partition coefficient (Wildman–Crippen LogP) is 8.07. The van der Waals surface area contributed by atoms with Crippen LogP contribution in [0.4, 0.5) is 0 Å². The van der Waals surface area contributed by atoms with Crippen LogP contribution in [0.3, 0.4) is 0 Å². The second kappa shape index (κ2) is 15.5. The van der Waals surface area contributed by atoms with Gasteiger partial charge in [-0.2, -0.15) is 0 Å². The van der Waals surface area contributed by atoms with Gasteiger partial charge < -0.3 is 10.2 Å². The van der Waals surface area contributed by atoms with Gasteiger partial charge in [0, 0.05) is 3.92 Å². The third-order valence-corrected chi connectivity index (χ3v) is 9.72. The van der Waals surface area contributed by atoms with Gasteiger partial charge >= 0.3 is 0 Å². The van der Waals surface area contributed by atoms with E-state index in [0.29, 0.717) is 17.8 Å². The topological polar surface area (TPSA) is 40.5 Å². The van der Waals surface area contributed by atoms with Crippen LogP contribution in [-0.4, -0.2) is 26.3 Å². The van der Waals surface area contributed by atoms with Crippen LogP contribution in [0, 0.1) is 23.7 Å². The lowest BCUT2D eigenvalue weighted by Gasteiger charge is -2.33. The molecule has 0 aromatic rings. The van der Waals surface area contributed by atoms with Gasteiger partial charge in [0.25, 0.3) is 0 Å². The maximum absolute atomic E-state index is 10.9. The van der Waals surface area contributed by atoms with Crippen LogP contribution in [0.5, 0.6) is 0 Å². The van der Waals surface area contributed by atoms with E-state index in [4.69, 9.17) is 0 Å². The molecule has 0 bridgehead atoms. The van der Waals surface area contributed by atoms with E-state index in [1.54, 1.807) is 0 Å². The SMILES string of the molecule is CCC(C)C(CCCC[C@H](O)CCCC1CCCCC1)CC(O)C1CCC(I)CC1. The molecule has 0 radical (unpaired) electrons. The molecule has 3 heteroatoms. The molecule has 0 amide bonds. The Morgan fingerprint density at radius 3 is 2.13 bits per heavy atom. The van der Waals surface area contributed by atoms with E-state index < -0.39 is 0 Å². The Bertz CT molecular complexity index is 415. The zero-order valence-corrected chi connectivity index (χ0v) is 22.2. The van der Waals surface area contributed by atoms with Gasteiger partial charge in [0.15, 0.2) is 0 Å². The summed E-state index contributed by atoms with van der Waals surface area (Å²) >= 11 is 2.58. The number of unbranched alkanes of at least 4 members (excludes halogenated alkanes) is 1. The van der Waals surface area contributed by atoms with Crippen molar-refractivity contribution >= 4 is 22.6 Å². The quantitative estimate of drug-likeness (QED) is 0.134. The lowest BCUT2D eigenvalue weighted by molar-refractivity contribution is 0.0518. The first-order valence-corrected chi connectivity index (χ1v) is 14.7. The van der Waals surface area contributed by atoms with Gasteiger partial charge in [0.05, 0.1) is 12.2 Å². The minimum atomic E-state index is -0.0988. The number of hydrogen-bond donors (Lipinski definition) is 2. The van der Waals surface area contributed by atoms with Gasteiger partial charge in [-0.25, -0.2) is 0 Å². The molecule has 178 valence electrons. The third kappa shape index (κ3) is 10.5. The number of rotatable bonds is 14. The second-order valence-electron chi connectivity index (χ2n) is 10.8. The number of alkyl halides is 1. The first-order valence-electron chi connectivity index (χ1n) is 13.5. The Labute approximate surface area is 201 Å². The molecule has 3 unspecified atom stereocenters. The van der Waals surface area contributed by atoms with E-state index in [2.05, 4.69) is 36.4 Å². The molecule has 4 atom stereocenters. The lowest BCUT2D eigenvalue weighted by Crippen LogP contribution is -2.29. The molecule has 0 aromatic heterocycles. The molecule has 0 aromatic carbocycles. The fraction of sp³-hybridized carbons (Fsp3) is 1.00. The van der Waals surface area contributed by atoms with Crippen molar-refractivity contribution in [1.29, 1.82) is 0 Å². The number of halogens is 1. The summed E-state index contributed by atoms with van der Waals surface area (Å²) in [5.74, 6) is 2.82. The first kappa shape index (κ1) is 26.9. The Kier molecular flexibility index (Phi) is 13.9. The molecule has 2 nitrogen and oxygen atoms in total. The summed E-state index contributed by atoms with van der Waals surface area (Å²) in [5.41, 5.74) is 0. The van der Waals surface area contributed by atoms with Crippen LogP contribution in [0.1, 0.15) is 129 Å².